The van der Waals surface area contributed by atoms with Gasteiger partial charge >= 0.3 is 5.97 Å². The normalized spacial score (nSPS) is 11.8. The minimum absolute atomic E-state index is 0.0802. The van der Waals surface area contributed by atoms with Gasteiger partial charge in [0, 0.05) is 42.0 Å². The number of carbonyl (C=O) groups excluding carboxylic acids is 2. The van der Waals surface area contributed by atoms with Crippen LogP contribution in [-0.4, -0.2) is 27.5 Å². The van der Waals surface area contributed by atoms with Crippen molar-refractivity contribution in [3.63, 3.8) is 0 Å². The van der Waals surface area contributed by atoms with E-state index in [4.69, 9.17) is 4.74 Å². The number of benzene rings is 2. The smallest absolute Gasteiger partial charge is 0.341 e. The number of carbonyl (C=O) groups is 2. The van der Waals surface area contributed by atoms with Crippen molar-refractivity contribution in [2.45, 2.75) is 13.0 Å². The molecule has 138 valence electrons. The lowest BCUT2D eigenvalue weighted by atomic mass is 10.2. The van der Waals surface area contributed by atoms with Gasteiger partial charge in [0.15, 0.2) is 6.10 Å². The Morgan fingerprint density at radius 1 is 1.15 bits per heavy atom. The lowest BCUT2D eigenvalue weighted by Crippen LogP contribution is -2.29. The maximum absolute atomic E-state index is 12.5. The maximum atomic E-state index is 12.5. The summed E-state index contributed by atoms with van der Waals surface area (Å²) in [6.45, 7) is 1.46. The Labute approximate surface area is 154 Å². The largest absolute Gasteiger partial charge is 0.449 e. The predicted molar refractivity (Wildman–Crippen MR) is 99.5 cm³/mol. The highest BCUT2D eigenvalue weighted by atomic mass is 16.6. The van der Waals surface area contributed by atoms with Crippen LogP contribution in [0, 0.1) is 10.1 Å². The number of nitrogens with zero attached hydrogens (tertiary/aromatic N) is 2. The molecule has 1 N–H and O–H groups in total. The summed E-state index contributed by atoms with van der Waals surface area (Å²) in [6.07, 6.45) is 0.625. The number of nitro benzene ring substituents is 1. The first-order valence-corrected chi connectivity index (χ1v) is 8.17. The number of nitrogens with one attached hydrogen (secondary N) is 1. The summed E-state index contributed by atoms with van der Waals surface area (Å²) in [5.41, 5.74) is 1.55. The van der Waals surface area contributed by atoms with Gasteiger partial charge in [0.05, 0.1) is 10.5 Å². The number of ether oxygens (including phenoxy) is 1. The van der Waals surface area contributed by atoms with Crippen LogP contribution in [0.15, 0.2) is 54.7 Å². The molecule has 0 aliphatic heterocycles. The maximum Gasteiger partial charge on any atom is 0.341 e. The number of rotatable bonds is 5. The first kappa shape index (κ1) is 18.1. The monoisotopic (exact) mass is 367 g/mol. The van der Waals surface area contributed by atoms with Crippen LogP contribution in [0.1, 0.15) is 17.3 Å². The highest BCUT2D eigenvalue weighted by Crippen LogP contribution is 2.22. The summed E-state index contributed by atoms with van der Waals surface area (Å²) >= 11 is 0. The van der Waals surface area contributed by atoms with E-state index in [1.54, 1.807) is 6.20 Å². The quantitative estimate of drug-likeness (QED) is 0.423. The molecule has 0 aliphatic rings. The van der Waals surface area contributed by atoms with E-state index in [2.05, 4.69) is 5.32 Å². The first-order chi connectivity index (χ1) is 12.9. The van der Waals surface area contributed by atoms with Crippen LogP contribution in [0.4, 0.5) is 11.4 Å². The van der Waals surface area contributed by atoms with E-state index >= 15 is 0 Å². The molecule has 3 rings (SSSR count). The van der Waals surface area contributed by atoms with E-state index in [1.807, 2.05) is 35.9 Å². The topological polar surface area (TPSA) is 103 Å². The lowest BCUT2D eigenvalue weighted by molar-refractivity contribution is -0.384. The molecule has 8 heteroatoms. The van der Waals surface area contributed by atoms with Crippen LogP contribution in [0.5, 0.6) is 0 Å². The molecule has 1 unspecified atom stereocenters. The number of para-hydroxylation sites is 1. The Hall–Kier alpha value is -3.68. The van der Waals surface area contributed by atoms with E-state index < -0.39 is 22.9 Å². The van der Waals surface area contributed by atoms with E-state index in [0.717, 1.165) is 10.9 Å². The molecule has 3 aromatic rings. The van der Waals surface area contributed by atoms with Gasteiger partial charge in [-0.1, -0.05) is 18.2 Å². The molecule has 2 aromatic carbocycles. The Balaban J connectivity index is 1.68. The van der Waals surface area contributed by atoms with Gasteiger partial charge in [-0.15, -0.1) is 0 Å². The van der Waals surface area contributed by atoms with Crippen molar-refractivity contribution in [1.82, 2.24) is 4.57 Å². The molecule has 0 radical (unpaired) electrons. The van der Waals surface area contributed by atoms with Crippen LogP contribution in [0.3, 0.4) is 0 Å². The predicted octanol–water partition coefficient (Wildman–Crippen LogP) is 3.27. The minimum Gasteiger partial charge on any atom is -0.449 e. The average molecular weight is 367 g/mol. The van der Waals surface area contributed by atoms with Gasteiger partial charge in [0.2, 0.25) is 0 Å². The molecule has 0 saturated carbocycles. The molecule has 0 saturated heterocycles. The van der Waals surface area contributed by atoms with Crippen LogP contribution in [0.25, 0.3) is 10.9 Å². The van der Waals surface area contributed by atoms with Crippen molar-refractivity contribution in [3.8, 4) is 0 Å². The van der Waals surface area contributed by atoms with Gasteiger partial charge < -0.3 is 14.6 Å². The third-order valence-electron chi connectivity index (χ3n) is 4.12. The van der Waals surface area contributed by atoms with E-state index in [9.17, 15) is 19.7 Å². The van der Waals surface area contributed by atoms with Gasteiger partial charge in [0.25, 0.3) is 11.6 Å². The molecule has 1 heterocycles. The molecule has 1 atom stereocenters. The summed E-state index contributed by atoms with van der Waals surface area (Å²) in [7, 11) is 1.82. The van der Waals surface area contributed by atoms with Gasteiger partial charge in [0.1, 0.15) is 0 Å². The third kappa shape index (κ3) is 3.79. The molecule has 8 nitrogen and oxygen atoms in total. The van der Waals surface area contributed by atoms with Crippen molar-refractivity contribution in [3.05, 3.63) is 70.4 Å². The number of anilines is 1. The molecular formula is C19H17N3O5. The molecule has 0 bridgehead atoms. The SMILES string of the molecule is CC(OC(=O)c1cn(C)c2ccccc12)C(=O)Nc1ccc([N+](=O)[O-])cc1. The zero-order chi connectivity index (χ0) is 19.6. The zero-order valence-corrected chi connectivity index (χ0v) is 14.7. The van der Waals surface area contributed by atoms with Crippen molar-refractivity contribution in [2.24, 2.45) is 7.05 Å². The molecule has 27 heavy (non-hydrogen) atoms. The van der Waals surface area contributed by atoms with Crippen molar-refractivity contribution in [2.75, 3.05) is 5.32 Å². The second-order valence-electron chi connectivity index (χ2n) is 6.01. The zero-order valence-electron chi connectivity index (χ0n) is 14.7. The lowest BCUT2D eigenvalue weighted by Gasteiger charge is -2.13. The van der Waals surface area contributed by atoms with Crippen molar-refractivity contribution < 1.29 is 19.2 Å². The summed E-state index contributed by atoms with van der Waals surface area (Å²) in [5.74, 6) is -1.13. The van der Waals surface area contributed by atoms with E-state index in [1.165, 1.54) is 31.2 Å². The highest BCUT2D eigenvalue weighted by Gasteiger charge is 2.22. The van der Waals surface area contributed by atoms with Crippen molar-refractivity contribution >= 4 is 34.2 Å². The fourth-order valence-electron chi connectivity index (χ4n) is 2.69. The van der Waals surface area contributed by atoms with Gasteiger partial charge in [-0.05, 0) is 25.1 Å². The van der Waals surface area contributed by atoms with Crippen molar-refractivity contribution in [1.29, 1.82) is 0 Å². The number of aromatic nitrogens is 1. The Morgan fingerprint density at radius 3 is 2.48 bits per heavy atom. The van der Waals surface area contributed by atoms with Gasteiger partial charge in [-0.25, -0.2) is 4.79 Å². The summed E-state index contributed by atoms with van der Waals surface area (Å²) in [4.78, 5) is 34.8. The first-order valence-electron chi connectivity index (χ1n) is 8.17. The van der Waals surface area contributed by atoms with Crippen LogP contribution < -0.4 is 5.32 Å². The summed E-state index contributed by atoms with van der Waals surface area (Å²) < 4.78 is 7.09. The number of hydrogen-bond acceptors (Lipinski definition) is 5. The number of aryl methyl sites for hydroxylation is 1. The second-order valence-corrected chi connectivity index (χ2v) is 6.01. The number of fused-ring (bicyclic) bond motifs is 1. The van der Waals surface area contributed by atoms with Crippen LogP contribution in [0.2, 0.25) is 0 Å². The fourth-order valence-corrected chi connectivity index (χ4v) is 2.69. The molecule has 0 fully saturated rings. The molecule has 1 amide bonds. The summed E-state index contributed by atoms with van der Waals surface area (Å²) in [5, 5.41) is 14.0. The fraction of sp³-hybridized carbons (Fsp3) is 0.158. The van der Waals surface area contributed by atoms with Crippen LogP contribution in [-0.2, 0) is 16.6 Å². The second kappa shape index (κ2) is 7.28. The van der Waals surface area contributed by atoms with E-state index in [-0.39, 0.29) is 5.69 Å². The number of esters is 1. The molecule has 1 aromatic heterocycles. The summed E-state index contributed by atoms with van der Waals surface area (Å²) in [6, 6.07) is 12.8. The number of non-ortho nitro benzene ring substituents is 1. The molecule has 0 spiro atoms. The Bertz CT molecular complexity index is 1020. The van der Waals surface area contributed by atoms with E-state index in [0.29, 0.717) is 11.3 Å². The van der Waals surface area contributed by atoms with Crippen LogP contribution >= 0.6 is 0 Å². The number of nitro groups is 1. The standard InChI is InChI=1S/C19H17N3O5/c1-12(18(23)20-13-7-9-14(10-8-13)22(25)26)27-19(24)16-11-21(2)17-6-4-3-5-15(16)17/h3-12H,1-2H3,(H,20,23). The van der Waals surface area contributed by atoms with Gasteiger partial charge in [-0.3, -0.25) is 14.9 Å². The Morgan fingerprint density at radius 2 is 1.81 bits per heavy atom. The number of amides is 1. The third-order valence-corrected chi connectivity index (χ3v) is 4.12. The molecular weight excluding hydrogens is 350 g/mol. The Kier molecular flexibility index (Phi) is 4.89. The molecule has 0 aliphatic carbocycles. The average Bonchev–Trinajstić information content (AvgIpc) is 2.99. The highest BCUT2D eigenvalue weighted by molar-refractivity contribution is 6.05. The number of hydrogen-bond donors (Lipinski definition) is 1. The minimum atomic E-state index is -1.04. The van der Waals surface area contributed by atoms with Gasteiger partial charge in [-0.2, -0.15) is 0 Å².